The number of rotatable bonds is 2. The molecule has 2 aromatic rings. The van der Waals surface area contributed by atoms with E-state index < -0.39 is 0 Å². The average molecular weight is 331 g/mol. The first kappa shape index (κ1) is 11.6. The number of aromatic nitrogens is 4. The first-order valence-corrected chi connectivity index (χ1v) is 6.16. The summed E-state index contributed by atoms with van der Waals surface area (Å²) >= 11 is 2.20. The second kappa shape index (κ2) is 4.15. The van der Waals surface area contributed by atoms with E-state index in [9.17, 15) is 0 Å². The van der Waals surface area contributed by atoms with E-state index in [1.165, 1.54) is 0 Å². The second-order valence-electron chi connectivity index (χ2n) is 4.01. The fraction of sp³-hybridized carbons (Fsp3) is 0.500. The van der Waals surface area contributed by atoms with Gasteiger partial charge in [-0.3, -0.25) is 0 Å². The van der Waals surface area contributed by atoms with Crippen molar-refractivity contribution in [1.29, 1.82) is 0 Å². The molecule has 2 aromatic heterocycles. The van der Waals surface area contributed by atoms with E-state index in [2.05, 4.69) is 56.3 Å². The number of aryl methyl sites for hydroxylation is 1. The molecular formula is C10H14IN5. The van der Waals surface area contributed by atoms with E-state index in [1.807, 2.05) is 18.7 Å². The lowest BCUT2D eigenvalue weighted by Crippen LogP contribution is -2.26. The Morgan fingerprint density at radius 2 is 2.06 bits per heavy atom. The highest BCUT2D eigenvalue weighted by Crippen LogP contribution is 2.23. The summed E-state index contributed by atoms with van der Waals surface area (Å²) in [5, 5.41) is 0. The monoisotopic (exact) mass is 331 g/mol. The van der Waals surface area contributed by atoms with Gasteiger partial charge in [0.25, 0.3) is 0 Å². The Bertz CT molecular complexity index is 519. The van der Waals surface area contributed by atoms with Crippen molar-refractivity contribution in [3.63, 3.8) is 0 Å². The number of halogens is 1. The topological polar surface area (TPSA) is 46.8 Å². The number of hydrogen-bond donors (Lipinski definition) is 0. The van der Waals surface area contributed by atoms with Gasteiger partial charge < -0.3 is 9.47 Å². The van der Waals surface area contributed by atoms with Crippen molar-refractivity contribution in [3.05, 3.63) is 10.2 Å². The van der Waals surface area contributed by atoms with Crippen LogP contribution < -0.4 is 4.90 Å². The number of anilines is 1. The van der Waals surface area contributed by atoms with Crippen molar-refractivity contribution < 1.29 is 0 Å². The largest absolute Gasteiger partial charge is 0.355 e. The Hall–Kier alpha value is -0.920. The number of fused-ring (bicyclic) bond motifs is 1. The first-order chi connectivity index (χ1) is 7.52. The Morgan fingerprint density at radius 3 is 2.69 bits per heavy atom. The van der Waals surface area contributed by atoms with Crippen LogP contribution >= 0.6 is 22.6 Å². The third kappa shape index (κ3) is 1.74. The molecule has 86 valence electrons. The van der Waals surface area contributed by atoms with Crippen LogP contribution in [0.2, 0.25) is 0 Å². The van der Waals surface area contributed by atoms with E-state index in [0.29, 0.717) is 6.04 Å². The molecule has 0 fully saturated rings. The molecular weight excluding hydrogens is 317 g/mol. The quantitative estimate of drug-likeness (QED) is 0.622. The van der Waals surface area contributed by atoms with Gasteiger partial charge in [-0.05, 0) is 13.8 Å². The van der Waals surface area contributed by atoms with E-state index in [4.69, 9.17) is 0 Å². The summed E-state index contributed by atoms with van der Waals surface area (Å²) in [5.41, 5.74) is 1.74. The first-order valence-electron chi connectivity index (χ1n) is 5.08. The van der Waals surface area contributed by atoms with Gasteiger partial charge >= 0.3 is 0 Å². The Kier molecular flexibility index (Phi) is 3.00. The summed E-state index contributed by atoms with van der Waals surface area (Å²) in [6.45, 7) is 4.25. The van der Waals surface area contributed by atoms with Crippen LogP contribution in [0.15, 0.2) is 6.33 Å². The lowest BCUT2D eigenvalue weighted by molar-refractivity contribution is 0.744. The van der Waals surface area contributed by atoms with Gasteiger partial charge in [-0.25, -0.2) is 15.0 Å². The normalized spacial score (nSPS) is 11.4. The minimum absolute atomic E-state index is 0.387. The van der Waals surface area contributed by atoms with Crippen LogP contribution in [0.1, 0.15) is 13.8 Å². The van der Waals surface area contributed by atoms with E-state index in [-0.39, 0.29) is 0 Å². The van der Waals surface area contributed by atoms with Crippen molar-refractivity contribution in [3.8, 4) is 0 Å². The highest BCUT2D eigenvalue weighted by Gasteiger charge is 2.16. The number of nitrogens with zero attached hydrogens (tertiary/aromatic N) is 5. The van der Waals surface area contributed by atoms with Crippen LogP contribution in [0, 0.1) is 3.83 Å². The van der Waals surface area contributed by atoms with Crippen LogP contribution in [0.3, 0.4) is 0 Å². The highest BCUT2D eigenvalue weighted by molar-refractivity contribution is 14.1. The summed E-state index contributed by atoms with van der Waals surface area (Å²) < 4.78 is 2.89. The molecule has 0 aliphatic carbocycles. The van der Waals surface area contributed by atoms with Gasteiger partial charge in [0.15, 0.2) is 20.8 Å². The van der Waals surface area contributed by atoms with Crippen LogP contribution in [0.4, 0.5) is 5.82 Å². The van der Waals surface area contributed by atoms with Gasteiger partial charge in [0.05, 0.1) is 0 Å². The molecule has 0 atom stereocenters. The maximum atomic E-state index is 4.50. The minimum Gasteiger partial charge on any atom is -0.355 e. The predicted octanol–water partition coefficient (Wildman–Crippen LogP) is 1.81. The second-order valence-corrected chi connectivity index (χ2v) is 4.98. The van der Waals surface area contributed by atoms with Crippen molar-refractivity contribution in [2.45, 2.75) is 19.9 Å². The minimum atomic E-state index is 0.387. The summed E-state index contributed by atoms with van der Waals surface area (Å²) in [6.07, 6.45) is 1.59. The predicted molar refractivity (Wildman–Crippen MR) is 72.6 cm³/mol. The zero-order chi connectivity index (χ0) is 11.9. The summed E-state index contributed by atoms with van der Waals surface area (Å²) in [6, 6.07) is 0.387. The molecule has 2 rings (SSSR count). The van der Waals surface area contributed by atoms with Crippen molar-refractivity contribution in [2.75, 3.05) is 11.9 Å². The van der Waals surface area contributed by atoms with Gasteiger partial charge in [0, 0.05) is 42.7 Å². The molecule has 5 nitrogen and oxygen atoms in total. The maximum Gasteiger partial charge on any atom is 0.173 e. The van der Waals surface area contributed by atoms with Crippen LogP contribution in [-0.4, -0.2) is 32.6 Å². The van der Waals surface area contributed by atoms with E-state index >= 15 is 0 Å². The van der Waals surface area contributed by atoms with E-state index in [1.54, 1.807) is 6.33 Å². The molecule has 0 aliphatic rings. The molecule has 0 spiro atoms. The highest BCUT2D eigenvalue weighted by atomic mass is 127. The molecule has 6 heteroatoms. The van der Waals surface area contributed by atoms with Crippen molar-refractivity contribution in [1.82, 2.24) is 19.5 Å². The zero-order valence-corrected chi connectivity index (χ0v) is 11.9. The standard InChI is InChI=1S/C10H14IN5/c1-6(2)15(3)8-7-9(13-5-12-8)16(4)10(11)14-7/h5-6H,1-4H3. The number of hydrogen-bond acceptors (Lipinski definition) is 4. The Balaban J connectivity index is 2.67. The smallest absolute Gasteiger partial charge is 0.173 e. The molecule has 0 saturated heterocycles. The molecule has 0 aliphatic heterocycles. The molecule has 0 bridgehead atoms. The fourth-order valence-electron chi connectivity index (χ4n) is 1.46. The third-order valence-electron chi connectivity index (χ3n) is 2.69. The van der Waals surface area contributed by atoms with Crippen molar-refractivity contribution >= 4 is 39.6 Å². The lowest BCUT2D eigenvalue weighted by Gasteiger charge is -2.22. The fourth-order valence-corrected chi connectivity index (χ4v) is 1.93. The van der Waals surface area contributed by atoms with E-state index in [0.717, 1.165) is 20.8 Å². The SMILES string of the molecule is CC(C)N(C)c1ncnc2c1nc(I)n2C. The van der Waals surface area contributed by atoms with Gasteiger partial charge in [-0.1, -0.05) is 0 Å². The van der Waals surface area contributed by atoms with Gasteiger partial charge in [-0.2, -0.15) is 0 Å². The molecule has 0 N–H and O–H groups in total. The Labute approximate surface area is 108 Å². The molecule has 0 unspecified atom stereocenters. The maximum absolute atomic E-state index is 4.50. The lowest BCUT2D eigenvalue weighted by atomic mass is 10.3. The molecule has 0 amide bonds. The molecule has 0 radical (unpaired) electrons. The zero-order valence-electron chi connectivity index (χ0n) is 9.77. The number of imidazole rings is 1. The van der Waals surface area contributed by atoms with Gasteiger partial charge in [-0.15, -0.1) is 0 Å². The molecule has 0 aromatic carbocycles. The summed E-state index contributed by atoms with van der Waals surface area (Å²) in [5.74, 6) is 0.888. The van der Waals surface area contributed by atoms with Crippen LogP contribution in [0.5, 0.6) is 0 Å². The van der Waals surface area contributed by atoms with Gasteiger partial charge in [0.2, 0.25) is 0 Å². The van der Waals surface area contributed by atoms with Crippen LogP contribution in [-0.2, 0) is 7.05 Å². The molecule has 2 heterocycles. The molecule has 0 saturated carbocycles. The molecule has 16 heavy (non-hydrogen) atoms. The average Bonchev–Trinajstić information content (AvgIpc) is 2.54. The van der Waals surface area contributed by atoms with Gasteiger partial charge in [0.1, 0.15) is 6.33 Å². The van der Waals surface area contributed by atoms with Crippen LogP contribution in [0.25, 0.3) is 11.2 Å². The Morgan fingerprint density at radius 1 is 1.38 bits per heavy atom. The van der Waals surface area contributed by atoms with Crippen molar-refractivity contribution in [2.24, 2.45) is 7.05 Å². The summed E-state index contributed by atoms with van der Waals surface area (Å²) in [7, 11) is 3.98. The summed E-state index contributed by atoms with van der Waals surface area (Å²) in [4.78, 5) is 15.2. The third-order valence-corrected chi connectivity index (χ3v) is 3.66.